The molecule has 0 aromatic carbocycles. The van der Waals surface area contributed by atoms with E-state index < -0.39 is 37.3 Å². The van der Waals surface area contributed by atoms with Crippen LogP contribution >= 0.6 is 0 Å². The van der Waals surface area contributed by atoms with Gasteiger partial charge < -0.3 is 29.9 Å². The van der Waals surface area contributed by atoms with Crippen LogP contribution in [0.3, 0.4) is 0 Å². The molecule has 2 rings (SSSR count). The molecule has 1 aliphatic heterocycles. The molecule has 1 aliphatic carbocycles. The molecular weight excluding hydrogens is 408 g/mol. The summed E-state index contributed by atoms with van der Waals surface area (Å²) in [6.45, 7) is 10.6. The highest BCUT2D eigenvalue weighted by Crippen LogP contribution is 2.40. The van der Waals surface area contributed by atoms with Crippen LogP contribution in [0.2, 0.25) is 0 Å². The second-order valence-corrected chi connectivity index (χ2v) is 9.51. The largest absolute Gasteiger partial charge is 0.394 e. The molecule has 0 amide bonds. The third-order valence-electron chi connectivity index (χ3n) is 6.29. The summed E-state index contributed by atoms with van der Waals surface area (Å²) in [5.74, 6) is 0. The molecule has 0 saturated carbocycles. The number of ether oxygens (including phenoxy) is 2. The Bertz CT molecular complexity index is 771. The van der Waals surface area contributed by atoms with Crippen LogP contribution in [0.1, 0.15) is 53.9 Å². The van der Waals surface area contributed by atoms with E-state index in [1.807, 2.05) is 25.2 Å². The fraction of sp³-hybridized carbons (Fsp3) is 0.615. The van der Waals surface area contributed by atoms with Crippen molar-refractivity contribution in [2.75, 3.05) is 13.2 Å². The summed E-state index contributed by atoms with van der Waals surface area (Å²) in [6, 6.07) is 0. The molecule has 32 heavy (non-hydrogen) atoms. The first kappa shape index (κ1) is 26.7. The maximum atomic E-state index is 9.99. The Morgan fingerprint density at radius 3 is 2.47 bits per heavy atom. The van der Waals surface area contributed by atoms with Crippen molar-refractivity contribution < 1.29 is 29.9 Å². The second-order valence-electron chi connectivity index (χ2n) is 9.51. The average Bonchev–Trinajstić information content (AvgIpc) is 2.73. The first-order valence-corrected chi connectivity index (χ1v) is 11.4. The fourth-order valence-electron chi connectivity index (χ4n) is 4.18. The van der Waals surface area contributed by atoms with E-state index in [0.717, 1.165) is 11.1 Å². The van der Waals surface area contributed by atoms with E-state index in [0.29, 0.717) is 0 Å². The molecule has 2 aliphatic rings. The molecule has 1 fully saturated rings. The normalized spacial score (nSPS) is 32.3. The van der Waals surface area contributed by atoms with Crippen molar-refractivity contribution in [2.24, 2.45) is 5.41 Å². The Balaban J connectivity index is 1.88. The number of aliphatic hydroxyl groups is 4. The van der Waals surface area contributed by atoms with Gasteiger partial charge in [-0.1, -0.05) is 67.0 Å². The van der Waals surface area contributed by atoms with Crippen molar-refractivity contribution in [2.45, 2.75) is 84.6 Å². The van der Waals surface area contributed by atoms with Crippen molar-refractivity contribution in [1.29, 1.82) is 0 Å². The lowest BCUT2D eigenvalue weighted by Crippen LogP contribution is -2.59. The lowest BCUT2D eigenvalue weighted by atomic mass is 9.72. The predicted octanol–water partition coefficient (Wildman–Crippen LogP) is 3.33. The lowest BCUT2D eigenvalue weighted by molar-refractivity contribution is -0.298. The summed E-state index contributed by atoms with van der Waals surface area (Å²) in [6.07, 6.45) is 9.62. The van der Waals surface area contributed by atoms with Gasteiger partial charge in [-0.15, -0.1) is 0 Å². The molecule has 0 aromatic heterocycles. The van der Waals surface area contributed by atoms with Crippen LogP contribution < -0.4 is 0 Å². The number of allylic oxidation sites excluding steroid dienone is 9. The molecule has 0 radical (unpaired) electrons. The van der Waals surface area contributed by atoms with Crippen molar-refractivity contribution in [3.05, 3.63) is 58.7 Å². The zero-order chi connectivity index (χ0) is 23.9. The highest BCUT2D eigenvalue weighted by molar-refractivity contribution is 5.37. The molecule has 5 unspecified atom stereocenters. The van der Waals surface area contributed by atoms with Gasteiger partial charge in [0.25, 0.3) is 0 Å². The van der Waals surface area contributed by atoms with E-state index in [1.165, 1.54) is 30.4 Å². The van der Waals surface area contributed by atoms with Crippen LogP contribution in [0.25, 0.3) is 0 Å². The summed E-state index contributed by atoms with van der Waals surface area (Å²) < 4.78 is 10.8. The van der Waals surface area contributed by atoms with Crippen molar-refractivity contribution in [3.63, 3.8) is 0 Å². The minimum atomic E-state index is -1.43. The van der Waals surface area contributed by atoms with E-state index in [4.69, 9.17) is 9.47 Å². The average molecular weight is 449 g/mol. The number of hydrogen-bond acceptors (Lipinski definition) is 6. The lowest BCUT2D eigenvalue weighted by Gasteiger charge is -2.39. The second kappa shape index (κ2) is 12.1. The third-order valence-corrected chi connectivity index (χ3v) is 6.29. The summed E-state index contributed by atoms with van der Waals surface area (Å²) in [5, 5.41) is 38.8. The SMILES string of the molecule is CC(C=CC1=C(C)CCCC1(C)C)=CC=CC(C)=CCOC1OC(CO)C(O)C(O)C1O. The maximum Gasteiger partial charge on any atom is 0.187 e. The molecular formula is C26H40O6. The number of rotatable bonds is 8. The van der Waals surface area contributed by atoms with Gasteiger partial charge in [-0.05, 0) is 51.0 Å². The molecule has 1 saturated heterocycles. The van der Waals surface area contributed by atoms with Gasteiger partial charge in [-0.25, -0.2) is 0 Å². The molecule has 6 heteroatoms. The first-order chi connectivity index (χ1) is 15.1. The minimum absolute atomic E-state index is 0.157. The summed E-state index contributed by atoms with van der Waals surface area (Å²) in [5.41, 5.74) is 5.29. The monoisotopic (exact) mass is 448 g/mol. The Kier molecular flexibility index (Phi) is 10.1. The van der Waals surface area contributed by atoms with E-state index in [9.17, 15) is 20.4 Å². The zero-order valence-electron chi connectivity index (χ0n) is 20.0. The Hall–Kier alpha value is -1.54. The highest BCUT2D eigenvalue weighted by atomic mass is 16.7. The summed E-state index contributed by atoms with van der Waals surface area (Å²) in [4.78, 5) is 0. The van der Waals surface area contributed by atoms with Gasteiger partial charge in [-0.3, -0.25) is 0 Å². The van der Waals surface area contributed by atoms with E-state index >= 15 is 0 Å². The van der Waals surface area contributed by atoms with E-state index in [2.05, 4.69) is 45.9 Å². The van der Waals surface area contributed by atoms with Crippen LogP contribution in [0.4, 0.5) is 0 Å². The van der Waals surface area contributed by atoms with Gasteiger partial charge in [0, 0.05) is 0 Å². The van der Waals surface area contributed by atoms with Crippen molar-refractivity contribution >= 4 is 0 Å². The van der Waals surface area contributed by atoms with Crippen molar-refractivity contribution in [1.82, 2.24) is 0 Å². The van der Waals surface area contributed by atoms with Crippen LogP contribution in [0, 0.1) is 5.41 Å². The van der Waals surface area contributed by atoms with Crippen LogP contribution in [-0.4, -0.2) is 64.3 Å². The maximum absolute atomic E-state index is 9.99. The van der Waals surface area contributed by atoms with Crippen LogP contribution in [0.15, 0.2) is 58.7 Å². The zero-order valence-corrected chi connectivity index (χ0v) is 20.0. The topological polar surface area (TPSA) is 99.4 Å². The fourth-order valence-corrected chi connectivity index (χ4v) is 4.18. The molecule has 6 nitrogen and oxygen atoms in total. The molecule has 5 atom stereocenters. The molecule has 0 spiro atoms. The van der Waals surface area contributed by atoms with Crippen molar-refractivity contribution in [3.8, 4) is 0 Å². The van der Waals surface area contributed by atoms with Gasteiger partial charge >= 0.3 is 0 Å². The minimum Gasteiger partial charge on any atom is -0.394 e. The highest BCUT2D eigenvalue weighted by Gasteiger charge is 2.43. The van der Waals surface area contributed by atoms with Gasteiger partial charge in [-0.2, -0.15) is 0 Å². The van der Waals surface area contributed by atoms with E-state index in [-0.39, 0.29) is 12.0 Å². The Morgan fingerprint density at radius 2 is 1.81 bits per heavy atom. The number of aliphatic hydroxyl groups excluding tert-OH is 4. The smallest absolute Gasteiger partial charge is 0.187 e. The van der Waals surface area contributed by atoms with Gasteiger partial charge in [0.2, 0.25) is 0 Å². The van der Waals surface area contributed by atoms with Gasteiger partial charge in [0.15, 0.2) is 6.29 Å². The van der Waals surface area contributed by atoms with Gasteiger partial charge in [0.1, 0.15) is 24.4 Å². The molecule has 180 valence electrons. The molecule has 0 aromatic rings. The predicted molar refractivity (Wildman–Crippen MR) is 126 cm³/mol. The molecule has 0 bridgehead atoms. The molecule has 4 N–H and O–H groups in total. The Morgan fingerprint density at radius 1 is 1.09 bits per heavy atom. The molecule has 1 heterocycles. The van der Waals surface area contributed by atoms with Crippen LogP contribution in [0.5, 0.6) is 0 Å². The third kappa shape index (κ3) is 7.24. The van der Waals surface area contributed by atoms with Gasteiger partial charge in [0.05, 0.1) is 13.2 Å². The quantitative estimate of drug-likeness (QED) is 0.425. The van der Waals surface area contributed by atoms with E-state index in [1.54, 1.807) is 0 Å². The standard InChI is InChI=1S/C26H40O6/c1-17(11-12-20-19(3)10-7-14-26(20,4)5)8-6-9-18(2)13-15-31-25-24(30)23(29)22(28)21(16-27)32-25/h6,8-9,11-13,21-25,27-30H,7,10,14-16H2,1-5H3. The van der Waals surface area contributed by atoms with Crippen LogP contribution in [-0.2, 0) is 9.47 Å². The number of hydrogen-bond donors (Lipinski definition) is 4. The summed E-state index contributed by atoms with van der Waals surface area (Å²) in [7, 11) is 0. The first-order valence-electron chi connectivity index (χ1n) is 11.4. The Labute approximate surface area is 192 Å². The summed E-state index contributed by atoms with van der Waals surface area (Å²) >= 11 is 0.